The minimum atomic E-state index is -4.22. The highest BCUT2D eigenvalue weighted by Crippen LogP contribution is 2.62. The van der Waals surface area contributed by atoms with Crippen molar-refractivity contribution in [1.29, 1.82) is 0 Å². The SMILES string of the molecule is C=CCO[C@@]12Oc3ccc(O)cc3[C@H]3[C@H](CCCCO)[C@@H](CCCCO)C=C(C(=NOC4CCCCO4)C[C@@H]1N(C)S(=O)(=O)c1ccc(NC(C)=O)cc1)[C@H]32. The molecule has 4 N–H and O–H groups in total. The van der Waals surface area contributed by atoms with Gasteiger partial charge in [0.1, 0.15) is 11.5 Å². The van der Waals surface area contributed by atoms with Gasteiger partial charge in [-0.1, -0.05) is 30.1 Å². The Bertz CT molecular complexity index is 1830. The molecule has 7 atom stereocenters. The number of hydrogen-bond acceptors (Lipinski definition) is 11. The Kier molecular flexibility index (Phi) is 13.4. The molecule has 300 valence electrons. The number of likely N-dealkylation sites (N-methyl/N-ethyl adjacent to an activating group) is 1. The number of aliphatic hydroxyl groups is 2. The number of fused-ring (bicyclic) bond motifs is 2. The molecule has 2 heterocycles. The Hall–Kier alpha value is -3.79. The van der Waals surface area contributed by atoms with Crippen molar-refractivity contribution < 1.29 is 47.6 Å². The predicted octanol–water partition coefficient (Wildman–Crippen LogP) is 5.83. The summed E-state index contributed by atoms with van der Waals surface area (Å²) in [5.74, 6) is -2.25. The second-order valence-electron chi connectivity index (χ2n) is 14.9. The van der Waals surface area contributed by atoms with E-state index in [1.54, 1.807) is 36.4 Å². The summed E-state index contributed by atoms with van der Waals surface area (Å²) < 4.78 is 50.4. The molecular weight excluding hydrogens is 727 g/mol. The van der Waals surface area contributed by atoms with Crippen LogP contribution in [-0.2, 0) is 29.1 Å². The van der Waals surface area contributed by atoms with Gasteiger partial charge in [0.25, 0.3) is 0 Å². The van der Waals surface area contributed by atoms with Crippen molar-refractivity contribution in [2.75, 3.05) is 38.8 Å². The third kappa shape index (κ3) is 8.64. The van der Waals surface area contributed by atoms with Crippen molar-refractivity contribution in [1.82, 2.24) is 4.31 Å². The fourth-order valence-corrected chi connectivity index (χ4v) is 10.2. The maximum absolute atomic E-state index is 14.7. The number of unbranched alkanes of at least 4 members (excludes halogenated alkanes) is 2. The zero-order valence-corrected chi connectivity index (χ0v) is 32.6. The number of anilines is 1. The molecule has 0 bridgehead atoms. The van der Waals surface area contributed by atoms with E-state index in [0.29, 0.717) is 43.0 Å². The molecule has 6 rings (SSSR count). The van der Waals surface area contributed by atoms with Gasteiger partial charge in [0.15, 0.2) is 0 Å². The minimum absolute atomic E-state index is 0.0156. The third-order valence-corrected chi connectivity index (χ3v) is 13.2. The Morgan fingerprint density at radius 1 is 1.09 bits per heavy atom. The first kappa shape index (κ1) is 40.9. The first-order valence-corrected chi connectivity index (χ1v) is 20.9. The van der Waals surface area contributed by atoms with E-state index in [1.165, 1.54) is 30.4 Å². The maximum Gasteiger partial charge on any atom is 0.243 e. The van der Waals surface area contributed by atoms with Crippen molar-refractivity contribution in [2.24, 2.45) is 22.9 Å². The fourth-order valence-electron chi connectivity index (χ4n) is 8.88. The van der Waals surface area contributed by atoms with Crippen molar-refractivity contribution in [3.63, 3.8) is 0 Å². The van der Waals surface area contributed by atoms with E-state index in [1.807, 2.05) is 0 Å². The average Bonchev–Trinajstić information content (AvgIpc) is 3.18. The monoisotopic (exact) mass is 781 g/mol. The zero-order chi connectivity index (χ0) is 39.2. The van der Waals surface area contributed by atoms with E-state index >= 15 is 0 Å². The van der Waals surface area contributed by atoms with Crippen molar-refractivity contribution >= 4 is 27.3 Å². The van der Waals surface area contributed by atoms with E-state index in [-0.39, 0.29) is 60.5 Å². The molecular formula is C41H55N3O10S. The van der Waals surface area contributed by atoms with Gasteiger partial charge >= 0.3 is 0 Å². The predicted molar refractivity (Wildman–Crippen MR) is 207 cm³/mol. The Morgan fingerprint density at radius 3 is 2.51 bits per heavy atom. The van der Waals surface area contributed by atoms with E-state index in [0.717, 1.165) is 49.7 Å². The number of phenols is 1. The van der Waals surface area contributed by atoms with Crippen LogP contribution >= 0.6 is 0 Å². The Morgan fingerprint density at radius 2 is 1.84 bits per heavy atom. The normalized spacial score (nSPS) is 28.1. The van der Waals surface area contributed by atoms with Gasteiger partial charge in [-0.2, -0.15) is 4.31 Å². The van der Waals surface area contributed by atoms with E-state index in [4.69, 9.17) is 24.2 Å². The summed E-state index contributed by atoms with van der Waals surface area (Å²) >= 11 is 0. The number of aliphatic hydroxyl groups excluding tert-OH is 2. The molecule has 13 nitrogen and oxygen atoms in total. The molecule has 0 spiro atoms. The lowest BCUT2D eigenvalue weighted by molar-refractivity contribution is -0.250. The van der Waals surface area contributed by atoms with Crippen LogP contribution in [-0.4, -0.2) is 91.3 Å². The molecule has 1 saturated heterocycles. The summed E-state index contributed by atoms with van der Waals surface area (Å²) in [5, 5.41) is 37.9. The number of oxime groups is 1. The number of benzene rings is 2. The van der Waals surface area contributed by atoms with Crippen LogP contribution in [0.1, 0.15) is 82.6 Å². The molecule has 1 unspecified atom stereocenters. The molecule has 14 heteroatoms. The molecule has 0 radical (unpaired) electrons. The highest BCUT2D eigenvalue weighted by atomic mass is 32.2. The molecule has 55 heavy (non-hydrogen) atoms. The molecule has 2 aromatic rings. The van der Waals surface area contributed by atoms with Gasteiger partial charge in [-0.25, -0.2) is 8.42 Å². The topological polar surface area (TPSA) is 176 Å². The number of carbonyl (C=O) groups excluding carboxylic acids is 1. The summed E-state index contributed by atoms with van der Waals surface area (Å²) in [7, 11) is -2.70. The Labute approximate surface area is 324 Å². The standard InChI is InChI=1S/C41H55N3O10S/c1-4-22-52-41-37(44(3)55(49,50)31-17-14-29(15-18-31)42-27(2)47)26-35(43-54-38-13-7-10-23-51-38)33-24-28(11-5-8-20-45)32(12-6-9-21-46)39(40(33)41)34-25-30(48)16-19-36(34)53-41/h4,14-19,24-25,28,32,37-40,45-46,48H,1,5-13,20-23,26H2,2-3H3,(H,42,47)/t28-,32+,37-,38?,39+,40+,41+/m0/s1. The van der Waals surface area contributed by atoms with Crippen LogP contribution in [0.15, 0.2) is 76.8 Å². The maximum atomic E-state index is 14.7. The van der Waals surface area contributed by atoms with Gasteiger partial charge in [0, 0.05) is 57.2 Å². The lowest BCUT2D eigenvalue weighted by atomic mass is 9.55. The summed E-state index contributed by atoms with van der Waals surface area (Å²) in [6.07, 6.45) is 10.2. The number of hydrogen-bond donors (Lipinski definition) is 4. The molecule has 4 aliphatic rings. The number of phenolic OH excluding ortho intramolecular Hbond substituents is 1. The Balaban J connectivity index is 1.55. The van der Waals surface area contributed by atoms with Gasteiger partial charge in [-0.05, 0) is 98.4 Å². The molecule has 2 aliphatic heterocycles. The lowest BCUT2D eigenvalue weighted by Gasteiger charge is -2.59. The number of nitrogens with one attached hydrogen (secondary N) is 1. The van der Waals surface area contributed by atoms with Crippen LogP contribution in [0, 0.1) is 17.8 Å². The van der Waals surface area contributed by atoms with Crippen LogP contribution < -0.4 is 10.1 Å². The highest BCUT2D eigenvalue weighted by Gasteiger charge is 2.65. The summed E-state index contributed by atoms with van der Waals surface area (Å²) in [5.41, 5.74) is 2.63. The third-order valence-electron chi connectivity index (χ3n) is 11.4. The number of amides is 1. The molecule has 1 amide bonds. The summed E-state index contributed by atoms with van der Waals surface area (Å²) in [6, 6.07) is 10.0. The van der Waals surface area contributed by atoms with Gasteiger partial charge in [-0.3, -0.25) is 4.79 Å². The van der Waals surface area contributed by atoms with E-state index in [2.05, 4.69) is 18.0 Å². The number of sulfonamides is 1. The van der Waals surface area contributed by atoms with E-state index in [9.17, 15) is 28.5 Å². The second kappa shape index (κ2) is 18.0. The highest BCUT2D eigenvalue weighted by molar-refractivity contribution is 7.89. The zero-order valence-electron chi connectivity index (χ0n) is 31.8. The van der Waals surface area contributed by atoms with Crippen LogP contribution in [0.2, 0.25) is 0 Å². The van der Waals surface area contributed by atoms with Gasteiger partial charge in [0.05, 0.1) is 35.8 Å². The number of nitrogens with zero attached hydrogens (tertiary/aromatic N) is 2. The van der Waals surface area contributed by atoms with Gasteiger partial charge in [0.2, 0.25) is 28.0 Å². The van der Waals surface area contributed by atoms with Crippen molar-refractivity contribution in [3.05, 3.63) is 72.3 Å². The quantitative estimate of drug-likeness (QED) is 0.0868. The fraction of sp³-hybridized carbons (Fsp3) is 0.561. The molecule has 2 aromatic carbocycles. The van der Waals surface area contributed by atoms with Gasteiger partial charge < -0.3 is 39.7 Å². The van der Waals surface area contributed by atoms with Crippen LogP contribution in [0.4, 0.5) is 5.69 Å². The second-order valence-corrected chi connectivity index (χ2v) is 16.9. The number of aromatic hydroxyl groups is 1. The lowest BCUT2D eigenvalue weighted by Crippen LogP contribution is -2.69. The minimum Gasteiger partial charge on any atom is -0.508 e. The van der Waals surface area contributed by atoms with Crippen LogP contribution in [0.3, 0.4) is 0 Å². The van der Waals surface area contributed by atoms with Crippen molar-refractivity contribution in [2.45, 2.75) is 100 Å². The summed E-state index contributed by atoms with van der Waals surface area (Å²) in [6.45, 7) is 6.05. The number of carbonyl (C=O) groups is 1. The molecule has 0 aromatic heterocycles. The number of ether oxygens (including phenoxy) is 3. The van der Waals surface area contributed by atoms with Gasteiger partial charge in [-0.15, -0.1) is 6.58 Å². The molecule has 2 aliphatic carbocycles. The van der Waals surface area contributed by atoms with Crippen LogP contribution in [0.25, 0.3) is 0 Å². The first-order valence-electron chi connectivity index (χ1n) is 19.4. The average molecular weight is 782 g/mol. The van der Waals surface area contributed by atoms with Crippen LogP contribution in [0.5, 0.6) is 11.5 Å². The molecule has 2 fully saturated rings. The first-order chi connectivity index (χ1) is 26.5. The molecule has 1 saturated carbocycles. The summed E-state index contributed by atoms with van der Waals surface area (Å²) in [4.78, 5) is 17.8. The smallest absolute Gasteiger partial charge is 0.243 e. The largest absolute Gasteiger partial charge is 0.508 e. The van der Waals surface area contributed by atoms with Crippen molar-refractivity contribution in [3.8, 4) is 11.5 Å². The number of allylic oxidation sites excluding steroid dienone is 1. The number of rotatable bonds is 17. The van der Waals surface area contributed by atoms with E-state index < -0.39 is 34.1 Å².